The molecule has 5 rings (SSSR count). The normalized spacial score (nSPS) is 12.1. The standard InChI is InChI=1S/C30H30ClN5/c1-3-35(4-2)18-17-32-25-21-30-28(20-26(25)33-23-11-7-5-8-12-23)34-27-19-22(31)15-16-29(27)36(30)24-13-9-6-10-14-24/h5-16,19-21,33H,3-4,17-18H2,1-2H3. The SMILES string of the molecule is CCN(CC)CCN=c1cc2n(-c3ccccc3)c3ccc(Cl)cc3nc-2cc1Nc1ccccc1. The summed E-state index contributed by atoms with van der Waals surface area (Å²) in [6.07, 6.45) is 0. The summed E-state index contributed by atoms with van der Waals surface area (Å²) < 4.78 is 2.24. The maximum Gasteiger partial charge on any atom is 0.0900 e. The first-order chi connectivity index (χ1) is 17.7. The summed E-state index contributed by atoms with van der Waals surface area (Å²) in [6, 6.07) is 30.7. The Labute approximate surface area is 217 Å². The second-order valence-electron chi connectivity index (χ2n) is 8.67. The molecule has 0 atom stereocenters. The Morgan fingerprint density at radius 1 is 0.889 bits per heavy atom. The number of hydrogen-bond donors (Lipinski definition) is 1. The molecule has 1 aliphatic carbocycles. The number of benzene rings is 4. The molecule has 0 saturated heterocycles. The van der Waals surface area contributed by atoms with Gasteiger partial charge in [-0.1, -0.05) is 61.8 Å². The van der Waals surface area contributed by atoms with Crippen LogP contribution in [0.25, 0.3) is 28.1 Å². The van der Waals surface area contributed by atoms with E-state index in [1.165, 1.54) is 0 Å². The lowest BCUT2D eigenvalue weighted by atomic mass is 10.1. The number of para-hydroxylation sites is 2. The van der Waals surface area contributed by atoms with Gasteiger partial charge in [-0.3, -0.25) is 4.99 Å². The van der Waals surface area contributed by atoms with E-state index in [0.717, 1.165) is 71.0 Å². The second-order valence-corrected chi connectivity index (χ2v) is 9.11. The van der Waals surface area contributed by atoms with Crippen LogP contribution in [0.4, 0.5) is 11.4 Å². The molecule has 0 radical (unpaired) electrons. The molecule has 0 unspecified atom stereocenters. The maximum atomic E-state index is 6.36. The van der Waals surface area contributed by atoms with Gasteiger partial charge in [0.2, 0.25) is 0 Å². The third-order valence-corrected chi connectivity index (χ3v) is 6.65. The van der Waals surface area contributed by atoms with Crippen molar-refractivity contribution < 1.29 is 0 Å². The van der Waals surface area contributed by atoms with Gasteiger partial charge in [-0.05, 0) is 67.7 Å². The topological polar surface area (TPSA) is 45.5 Å². The van der Waals surface area contributed by atoms with E-state index in [4.69, 9.17) is 21.6 Å². The Morgan fingerprint density at radius 3 is 2.33 bits per heavy atom. The number of hydrogen-bond acceptors (Lipinski definition) is 4. The van der Waals surface area contributed by atoms with Crippen molar-refractivity contribution in [3.8, 4) is 17.1 Å². The van der Waals surface area contributed by atoms with E-state index < -0.39 is 0 Å². The lowest BCUT2D eigenvalue weighted by Crippen LogP contribution is -2.26. The van der Waals surface area contributed by atoms with Gasteiger partial charge in [0.05, 0.1) is 40.0 Å². The number of aromatic nitrogens is 2. The van der Waals surface area contributed by atoms with Gasteiger partial charge >= 0.3 is 0 Å². The van der Waals surface area contributed by atoms with E-state index in [1.807, 2.05) is 42.5 Å². The highest BCUT2D eigenvalue weighted by Crippen LogP contribution is 2.31. The van der Waals surface area contributed by atoms with Crippen LogP contribution in [-0.2, 0) is 0 Å². The fourth-order valence-corrected chi connectivity index (χ4v) is 4.65. The third kappa shape index (κ3) is 5.13. The molecule has 1 N–H and O–H groups in total. The van der Waals surface area contributed by atoms with Crippen molar-refractivity contribution in [1.29, 1.82) is 0 Å². The van der Waals surface area contributed by atoms with E-state index >= 15 is 0 Å². The molecule has 0 spiro atoms. The van der Waals surface area contributed by atoms with Crippen LogP contribution in [-0.4, -0.2) is 40.6 Å². The fraction of sp³-hybridized carbons (Fsp3) is 0.200. The molecule has 3 aromatic carbocycles. The van der Waals surface area contributed by atoms with E-state index in [9.17, 15) is 0 Å². The quantitative estimate of drug-likeness (QED) is 0.241. The minimum absolute atomic E-state index is 0.666. The van der Waals surface area contributed by atoms with Crippen molar-refractivity contribution in [2.45, 2.75) is 13.8 Å². The van der Waals surface area contributed by atoms with E-state index in [0.29, 0.717) is 5.02 Å². The fourth-order valence-electron chi connectivity index (χ4n) is 4.48. The molecule has 1 aliphatic heterocycles. The Bertz CT molecular complexity index is 1490. The summed E-state index contributed by atoms with van der Waals surface area (Å²) in [4.78, 5) is 12.4. The van der Waals surface area contributed by atoms with Gasteiger partial charge in [0.1, 0.15) is 0 Å². The first kappa shape index (κ1) is 24.0. The monoisotopic (exact) mass is 495 g/mol. The Morgan fingerprint density at radius 2 is 1.61 bits per heavy atom. The molecule has 6 heteroatoms. The van der Waals surface area contributed by atoms with Crippen molar-refractivity contribution >= 4 is 34.0 Å². The Kier molecular flexibility index (Phi) is 7.31. The first-order valence-electron chi connectivity index (χ1n) is 12.4. The van der Waals surface area contributed by atoms with E-state index in [-0.39, 0.29) is 0 Å². The highest BCUT2D eigenvalue weighted by atomic mass is 35.5. The third-order valence-electron chi connectivity index (χ3n) is 6.41. The van der Waals surface area contributed by atoms with E-state index in [2.05, 4.69) is 77.2 Å². The van der Waals surface area contributed by atoms with Gasteiger partial charge in [-0.15, -0.1) is 0 Å². The molecular weight excluding hydrogens is 466 g/mol. The van der Waals surface area contributed by atoms with Gasteiger partial charge in [0, 0.05) is 22.9 Å². The average molecular weight is 496 g/mol. The predicted molar refractivity (Wildman–Crippen MR) is 151 cm³/mol. The zero-order chi connectivity index (χ0) is 24.9. The number of halogens is 1. The van der Waals surface area contributed by atoms with Gasteiger partial charge in [0.15, 0.2) is 0 Å². The van der Waals surface area contributed by atoms with Crippen LogP contribution < -0.4 is 10.7 Å². The minimum Gasteiger partial charge on any atom is -0.354 e. The Hall–Kier alpha value is -3.67. The average Bonchev–Trinajstić information content (AvgIpc) is 2.91. The van der Waals surface area contributed by atoms with Crippen molar-refractivity contribution in [3.63, 3.8) is 0 Å². The van der Waals surface area contributed by atoms with Crippen LogP contribution in [0, 0.1) is 0 Å². The van der Waals surface area contributed by atoms with Crippen molar-refractivity contribution in [1.82, 2.24) is 14.5 Å². The maximum absolute atomic E-state index is 6.36. The van der Waals surface area contributed by atoms with E-state index in [1.54, 1.807) is 0 Å². The van der Waals surface area contributed by atoms with Crippen molar-refractivity contribution in [2.75, 3.05) is 31.5 Å². The number of likely N-dealkylation sites (N-methyl/N-ethyl adjacent to an activating group) is 1. The summed E-state index contributed by atoms with van der Waals surface area (Å²) in [7, 11) is 0. The smallest absolute Gasteiger partial charge is 0.0900 e. The number of rotatable bonds is 8. The van der Waals surface area contributed by atoms with Gasteiger partial charge < -0.3 is 14.8 Å². The lowest BCUT2D eigenvalue weighted by Gasteiger charge is -2.20. The molecule has 0 fully saturated rings. The number of fused-ring (bicyclic) bond motifs is 2. The number of nitrogens with zero attached hydrogens (tertiary/aromatic N) is 4. The molecular formula is C30H30ClN5. The van der Waals surface area contributed by atoms with Gasteiger partial charge in [0.25, 0.3) is 0 Å². The number of nitrogens with one attached hydrogen (secondary N) is 1. The van der Waals surface area contributed by atoms with Crippen LogP contribution in [0.3, 0.4) is 0 Å². The molecule has 182 valence electrons. The molecule has 0 aromatic heterocycles. The first-order valence-corrected chi connectivity index (χ1v) is 12.8. The molecule has 1 heterocycles. The molecule has 0 amide bonds. The molecule has 5 nitrogen and oxygen atoms in total. The van der Waals surface area contributed by atoms with Crippen molar-refractivity contribution in [3.05, 3.63) is 101 Å². The second kappa shape index (κ2) is 10.9. The predicted octanol–water partition coefficient (Wildman–Crippen LogP) is 6.77. The number of anilines is 2. The lowest BCUT2D eigenvalue weighted by molar-refractivity contribution is 0.312. The largest absolute Gasteiger partial charge is 0.354 e. The summed E-state index contributed by atoms with van der Waals surface area (Å²) >= 11 is 6.36. The highest BCUT2D eigenvalue weighted by molar-refractivity contribution is 6.31. The Balaban J connectivity index is 1.74. The summed E-state index contributed by atoms with van der Waals surface area (Å²) in [6.45, 7) is 8.06. The van der Waals surface area contributed by atoms with Crippen LogP contribution in [0.1, 0.15) is 13.8 Å². The van der Waals surface area contributed by atoms with Crippen LogP contribution in [0.2, 0.25) is 5.02 Å². The van der Waals surface area contributed by atoms with Gasteiger partial charge in [-0.25, -0.2) is 4.98 Å². The molecule has 2 aliphatic rings. The van der Waals surface area contributed by atoms with Crippen molar-refractivity contribution in [2.24, 2.45) is 4.99 Å². The summed E-state index contributed by atoms with van der Waals surface area (Å²) in [5.74, 6) is 0. The summed E-state index contributed by atoms with van der Waals surface area (Å²) in [5, 5.41) is 5.15. The zero-order valence-electron chi connectivity index (χ0n) is 20.7. The summed E-state index contributed by atoms with van der Waals surface area (Å²) in [5.41, 5.74) is 6.71. The molecule has 3 aromatic rings. The van der Waals surface area contributed by atoms with Crippen LogP contribution >= 0.6 is 11.6 Å². The highest BCUT2D eigenvalue weighted by Gasteiger charge is 2.17. The molecule has 36 heavy (non-hydrogen) atoms. The molecule has 0 bridgehead atoms. The molecule has 0 saturated carbocycles. The van der Waals surface area contributed by atoms with Crippen LogP contribution in [0.15, 0.2) is 96.0 Å². The minimum atomic E-state index is 0.666. The van der Waals surface area contributed by atoms with Gasteiger partial charge in [-0.2, -0.15) is 0 Å². The zero-order valence-corrected chi connectivity index (χ0v) is 21.4. The van der Waals surface area contributed by atoms with Crippen LogP contribution in [0.5, 0.6) is 0 Å².